The number of likely N-dealkylation sites (N-methyl/N-ethyl adjacent to an activating group) is 1. The molecule has 0 atom stereocenters. The van der Waals surface area contributed by atoms with Gasteiger partial charge in [0, 0.05) is 19.3 Å². The molecule has 0 N–H and O–H groups in total. The molecule has 0 saturated carbocycles. The summed E-state index contributed by atoms with van der Waals surface area (Å²) in [4.78, 5) is 2.21. The fourth-order valence-corrected chi connectivity index (χ4v) is 1.17. The predicted molar refractivity (Wildman–Crippen MR) is 65.2 cm³/mol. The number of hydrogen-bond donors (Lipinski definition) is 0. The van der Waals surface area contributed by atoms with E-state index in [0.717, 1.165) is 6.54 Å². The Morgan fingerprint density at radius 3 is 2.36 bits per heavy atom. The highest BCUT2D eigenvalue weighted by Gasteiger charge is 2.03. The van der Waals surface area contributed by atoms with E-state index < -0.39 is 0 Å². The van der Waals surface area contributed by atoms with Gasteiger partial charge in [-0.3, -0.25) is 0 Å². The average Bonchev–Trinajstić information content (AvgIpc) is 2.23. The SMILES string of the molecule is C=CC(=C/C)/C(=C\C=C/C)N(C)CC. The van der Waals surface area contributed by atoms with E-state index in [0.29, 0.717) is 0 Å². The molecule has 0 saturated heterocycles. The Hall–Kier alpha value is -1.24. The summed E-state index contributed by atoms with van der Waals surface area (Å²) in [7, 11) is 2.09. The third-order valence-electron chi connectivity index (χ3n) is 2.16. The maximum Gasteiger partial charge on any atom is 0.0433 e. The van der Waals surface area contributed by atoms with Crippen molar-refractivity contribution in [1.82, 2.24) is 4.90 Å². The van der Waals surface area contributed by atoms with Crippen molar-refractivity contribution in [3.05, 3.63) is 48.2 Å². The van der Waals surface area contributed by atoms with Crippen LogP contribution in [0.3, 0.4) is 0 Å². The number of nitrogens with zero attached hydrogens (tertiary/aromatic N) is 1. The first kappa shape index (κ1) is 12.8. The van der Waals surface area contributed by atoms with E-state index in [4.69, 9.17) is 0 Å². The van der Waals surface area contributed by atoms with Crippen LogP contribution in [0.5, 0.6) is 0 Å². The van der Waals surface area contributed by atoms with Crippen LogP contribution in [0, 0.1) is 0 Å². The molecule has 0 rings (SSSR count). The fourth-order valence-electron chi connectivity index (χ4n) is 1.17. The molecule has 0 bridgehead atoms. The minimum Gasteiger partial charge on any atom is -0.374 e. The van der Waals surface area contributed by atoms with Gasteiger partial charge in [0.15, 0.2) is 0 Å². The molecule has 1 nitrogen and oxygen atoms in total. The lowest BCUT2D eigenvalue weighted by atomic mass is 10.1. The van der Waals surface area contributed by atoms with Gasteiger partial charge in [0.05, 0.1) is 0 Å². The highest BCUT2D eigenvalue weighted by Crippen LogP contribution is 2.14. The molecule has 0 aromatic carbocycles. The van der Waals surface area contributed by atoms with Crippen LogP contribution in [-0.4, -0.2) is 18.5 Å². The van der Waals surface area contributed by atoms with E-state index in [-0.39, 0.29) is 0 Å². The topological polar surface area (TPSA) is 3.24 Å². The molecule has 0 aromatic rings. The molecule has 0 fully saturated rings. The van der Waals surface area contributed by atoms with Crippen LogP contribution in [0.25, 0.3) is 0 Å². The first-order valence-electron chi connectivity index (χ1n) is 5.04. The lowest BCUT2D eigenvalue weighted by molar-refractivity contribution is 0.452. The lowest BCUT2D eigenvalue weighted by Gasteiger charge is -2.21. The molecule has 0 aliphatic rings. The van der Waals surface area contributed by atoms with E-state index in [1.807, 2.05) is 26.0 Å². The van der Waals surface area contributed by atoms with E-state index in [9.17, 15) is 0 Å². The van der Waals surface area contributed by atoms with Crippen molar-refractivity contribution in [3.63, 3.8) is 0 Å². The first-order valence-corrected chi connectivity index (χ1v) is 5.04. The Kier molecular flexibility index (Phi) is 6.55. The second-order valence-corrected chi connectivity index (χ2v) is 3.04. The molecule has 0 heterocycles. The van der Waals surface area contributed by atoms with Gasteiger partial charge >= 0.3 is 0 Å². The Labute approximate surface area is 88.1 Å². The molecule has 0 aliphatic heterocycles. The zero-order valence-corrected chi connectivity index (χ0v) is 9.75. The van der Waals surface area contributed by atoms with Crippen LogP contribution in [0.2, 0.25) is 0 Å². The van der Waals surface area contributed by atoms with Gasteiger partial charge in [-0.25, -0.2) is 0 Å². The zero-order chi connectivity index (χ0) is 11.0. The highest BCUT2D eigenvalue weighted by molar-refractivity contribution is 5.39. The molecule has 0 unspecified atom stereocenters. The summed E-state index contributed by atoms with van der Waals surface area (Å²) in [5.41, 5.74) is 2.38. The molecular weight excluding hydrogens is 170 g/mol. The smallest absolute Gasteiger partial charge is 0.0433 e. The summed E-state index contributed by atoms with van der Waals surface area (Å²) in [5.74, 6) is 0. The molecule has 1 heteroatoms. The van der Waals surface area contributed by atoms with Crippen LogP contribution in [0.4, 0.5) is 0 Å². The third-order valence-corrected chi connectivity index (χ3v) is 2.16. The van der Waals surface area contributed by atoms with Crippen molar-refractivity contribution in [2.45, 2.75) is 20.8 Å². The van der Waals surface area contributed by atoms with Gasteiger partial charge in [-0.2, -0.15) is 0 Å². The minimum absolute atomic E-state index is 0.995. The summed E-state index contributed by atoms with van der Waals surface area (Å²) in [6, 6.07) is 0. The summed E-state index contributed by atoms with van der Waals surface area (Å²) < 4.78 is 0. The van der Waals surface area contributed by atoms with Gasteiger partial charge in [-0.1, -0.05) is 30.9 Å². The van der Waals surface area contributed by atoms with Crippen LogP contribution < -0.4 is 0 Å². The van der Waals surface area contributed by atoms with Gasteiger partial charge in [0.1, 0.15) is 0 Å². The largest absolute Gasteiger partial charge is 0.374 e. The number of hydrogen-bond acceptors (Lipinski definition) is 1. The first-order chi connectivity index (χ1) is 6.71. The summed E-state index contributed by atoms with van der Waals surface area (Å²) in [6.45, 7) is 11.0. The summed E-state index contributed by atoms with van der Waals surface area (Å²) in [6.07, 6.45) is 10.2. The van der Waals surface area contributed by atoms with E-state index >= 15 is 0 Å². The number of rotatable bonds is 5. The van der Waals surface area contributed by atoms with E-state index in [1.54, 1.807) is 0 Å². The van der Waals surface area contributed by atoms with Crippen molar-refractivity contribution in [2.24, 2.45) is 0 Å². The average molecular weight is 191 g/mol. The molecule has 78 valence electrons. The van der Waals surface area contributed by atoms with Gasteiger partial charge < -0.3 is 4.90 Å². The minimum atomic E-state index is 0.995. The maximum atomic E-state index is 3.82. The second-order valence-electron chi connectivity index (χ2n) is 3.04. The van der Waals surface area contributed by atoms with Crippen LogP contribution >= 0.6 is 0 Å². The quantitative estimate of drug-likeness (QED) is 0.601. The van der Waals surface area contributed by atoms with Crippen LogP contribution in [-0.2, 0) is 0 Å². The maximum absolute atomic E-state index is 3.82. The van der Waals surface area contributed by atoms with Gasteiger partial charge in [0.2, 0.25) is 0 Å². The van der Waals surface area contributed by atoms with E-state index in [1.165, 1.54) is 11.3 Å². The molecule has 0 aromatic heterocycles. The Bertz CT molecular complexity index is 256. The zero-order valence-electron chi connectivity index (χ0n) is 9.75. The Morgan fingerprint density at radius 2 is 2.00 bits per heavy atom. The van der Waals surface area contributed by atoms with Gasteiger partial charge in [-0.15, -0.1) is 0 Å². The summed E-state index contributed by atoms with van der Waals surface area (Å²) in [5, 5.41) is 0. The Morgan fingerprint density at radius 1 is 1.36 bits per heavy atom. The normalized spacial score (nSPS) is 13.4. The van der Waals surface area contributed by atoms with Crippen LogP contribution in [0.1, 0.15) is 20.8 Å². The van der Waals surface area contributed by atoms with Gasteiger partial charge in [-0.05, 0) is 32.4 Å². The summed E-state index contributed by atoms with van der Waals surface area (Å²) >= 11 is 0. The molecule has 14 heavy (non-hydrogen) atoms. The van der Waals surface area contributed by atoms with E-state index in [2.05, 4.69) is 43.7 Å². The fraction of sp³-hybridized carbons (Fsp3) is 0.385. The highest BCUT2D eigenvalue weighted by atomic mass is 15.1. The van der Waals surface area contributed by atoms with Crippen molar-refractivity contribution >= 4 is 0 Å². The Balaban J connectivity index is 4.98. The third kappa shape index (κ3) is 3.65. The monoisotopic (exact) mass is 191 g/mol. The molecule has 0 radical (unpaired) electrons. The predicted octanol–water partition coefficient (Wildman–Crippen LogP) is 3.53. The van der Waals surface area contributed by atoms with Crippen molar-refractivity contribution in [3.8, 4) is 0 Å². The van der Waals surface area contributed by atoms with Crippen molar-refractivity contribution < 1.29 is 0 Å². The van der Waals surface area contributed by atoms with Crippen molar-refractivity contribution in [2.75, 3.05) is 13.6 Å². The second kappa shape index (κ2) is 7.19. The van der Waals surface area contributed by atoms with Crippen LogP contribution in [0.15, 0.2) is 48.2 Å². The molecule has 0 aliphatic carbocycles. The molecular formula is C13H21N. The van der Waals surface area contributed by atoms with Crippen molar-refractivity contribution in [1.29, 1.82) is 0 Å². The van der Waals surface area contributed by atoms with Gasteiger partial charge in [0.25, 0.3) is 0 Å². The molecule has 0 amide bonds. The standard InChI is InChI=1S/C13H21N/c1-6-10-11-13(14(5)9-4)12(7-2)8-3/h6-8,10-11H,2,9H2,1,3-5H3/b10-6-,12-8-,13-11+. The number of allylic oxidation sites excluding steroid dienone is 5. The lowest BCUT2D eigenvalue weighted by Crippen LogP contribution is -2.17. The molecule has 0 spiro atoms.